The van der Waals surface area contributed by atoms with Gasteiger partial charge in [0.15, 0.2) is 5.82 Å². The molecular formula is C28H44FN3O2. The number of para-hydroxylation sites is 1. The number of H-pyrrole nitrogens is 1. The van der Waals surface area contributed by atoms with Crippen LogP contribution in [0, 0.1) is 19.8 Å². The van der Waals surface area contributed by atoms with E-state index >= 15 is 0 Å². The number of hydrogen-bond acceptors (Lipinski definition) is 4. The third-order valence-corrected chi connectivity index (χ3v) is 5.23. The van der Waals surface area contributed by atoms with Crippen molar-refractivity contribution < 1.29 is 14.6 Å². The lowest BCUT2D eigenvalue weighted by molar-refractivity contribution is -0.00927. The molecule has 3 aromatic rings. The van der Waals surface area contributed by atoms with Crippen molar-refractivity contribution in [3.8, 4) is 0 Å². The number of anilines is 1. The van der Waals surface area contributed by atoms with E-state index in [0.29, 0.717) is 12.5 Å². The molecule has 3 fully saturated rings. The second kappa shape index (κ2) is 16.8. The molecule has 1 aliphatic carbocycles. The summed E-state index contributed by atoms with van der Waals surface area (Å²) in [5, 5.41) is 22.4. The summed E-state index contributed by atoms with van der Waals surface area (Å²) in [6.07, 6.45) is 3.23. The fourth-order valence-electron chi connectivity index (χ4n) is 3.94. The Morgan fingerprint density at radius 2 is 1.47 bits per heavy atom. The Bertz CT molecular complexity index is 898. The molecule has 3 N–H and O–H groups in total. The zero-order valence-electron chi connectivity index (χ0n) is 22.0. The molecule has 0 atom stereocenters. The first-order chi connectivity index (χ1) is 16.4. The second-order valence-corrected chi connectivity index (χ2v) is 7.96. The van der Waals surface area contributed by atoms with Gasteiger partial charge in [0, 0.05) is 26.2 Å². The lowest BCUT2D eigenvalue weighted by Crippen LogP contribution is -2.58. The first kappa shape index (κ1) is 31.3. The van der Waals surface area contributed by atoms with Crippen molar-refractivity contribution in [3.05, 3.63) is 72.3 Å². The number of nitrogens with one attached hydrogen (secondary N) is 1. The van der Waals surface area contributed by atoms with Gasteiger partial charge in [-0.2, -0.15) is 5.10 Å². The molecule has 190 valence electrons. The number of allylic oxidation sites excluding steroid dienone is 1. The molecule has 2 aliphatic heterocycles. The van der Waals surface area contributed by atoms with Gasteiger partial charge in [-0.1, -0.05) is 67.4 Å². The topological polar surface area (TPSA) is 72.4 Å². The Morgan fingerprint density at radius 1 is 1.00 bits per heavy atom. The molecule has 5 nitrogen and oxygen atoms in total. The fourth-order valence-corrected chi connectivity index (χ4v) is 3.94. The predicted octanol–water partition coefficient (Wildman–Crippen LogP) is 6.24. The summed E-state index contributed by atoms with van der Waals surface area (Å²) < 4.78 is 14.1. The van der Waals surface area contributed by atoms with E-state index in [2.05, 4.69) is 59.8 Å². The molecule has 3 aliphatic rings. The zero-order chi connectivity index (χ0) is 26.1. The van der Waals surface area contributed by atoms with Gasteiger partial charge in [0.05, 0.1) is 12.1 Å². The van der Waals surface area contributed by atoms with Crippen LogP contribution < -0.4 is 4.90 Å². The number of hydrogen-bond donors (Lipinski definition) is 3. The number of alkyl halides is 1. The summed E-state index contributed by atoms with van der Waals surface area (Å²) in [7, 11) is 2.00. The maximum absolute atomic E-state index is 14.1. The van der Waals surface area contributed by atoms with Crippen LogP contribution >= 0.6 is 0 Å². The van der Waals surface area contributed by atoms with E-state index < -0.39 is 5.67 Å². The third kappa shape index (κ3) is 9.27. The van der Waals surface area contributed by atoms with E-state index in [9.17, 15) is 4.39 Å². The van der Waals surface area contributed by atoms with Crippen molar-refractivity contribution in [2.45, 2.75) is 53.1 Å². The largest absolute Gasteiger partial charge is 0.400 e. The maximum Gasteiger partial charge on any atom is 0.158 e. The second-order valence-electron chi connectivity index (χ2n) is 7.96. The number of aromatic nitrogens is 2. The van der Waals surface area contributed by atoms with Crippen molar-refractivity contribution in [2.75, 3.05) is 32.2 Å². The zero-order valence-corrected chi connectivity index (χ0v) is 22.0. The molecule has 2 aromatic carbocycles. The van der Waals surface area contributed by atoms with Gasteiger partial charge in [-0.15, -0.1) is 6.58 Å². The van der Waals surface area contributed by atoms with Crippen LogP contribution in [0.5, 0.6) is 0 Å². The van der Waals surface area contributed by atoms with Crippen molar-refractivity contribution in [3.63, 3.8) is 0 Å². The Labute approximate surface area is 205 Å². The summed E-state index contributed by atoms with van der Waals surface area (Å²) >= 11 is 0. The highest BCUT2D eigenvalue weighted by atomic mass is 19.1. The third-order valence-electron chi connectivity index (χ3n) is 5.23. The summed E-state index contributed by atoms with van der Waals surface area (Å²) in [6, 6.07) is 16.5. The van der Waals surface area contributed by atoms with Gasteiger partial charge in [0.2, 0.25) is 0 Å². The summed E-state index contributed by atoms with van der Waals surface area (Å²) in [5.41, 5.74) is 2.73. The SMILES string of the molecule is C=CC.CC.CO.CO.Cc1ccc(C)cc1.FC12CC(CN(c3n[nH]c4ccccc34)C1)C2. The molecule has 6 rings (SSSR count). The summed E-state index contributed by atoms with van der Waals surface area (Å²) in [5.74, 6) is 1.43. The smallest absolute Gasteiger partial charge is 0.158 e. The maximum atomic E-state index is 14.1. The van der Waals surface area contributed by atoms with Crippen LogP contribution in [0.4, 0.5) is 10.2 Å². The minimum atomic E-state index is -0.955. The highest BCUT2D eigenvalue weighted by Crippen LogP contribution is 2.47. The number of nitrogens with zero attached hydrogens (tertiary/aromatic N) is 2. The van der Waals surface area contributed by atoms with Gasteiger partial charge in [-0.25, -0.2) is 4.39 Å². The number of fused-ring (bicyclic) bond motifs is 3. The van der Waals surface area contributed by atoms with Crippen molar-refractivity contribution in [1.29, 1.82) is 0 Å². The standard InChI is InChI=1S/C13H14FN3.C8H10.C3H6.C2H6.2CH4O/c14-13-5-9(6-13)7-17(8-13)12-10-3-1-2-4-11(10)15-16-12;1-7-3-5-8(2)6-4-7;1-3-2;3*1-2/h1-4,9H,5-8H2,(H,15,16);3-6H,1-2H3;3H,1H2,2H3;1-2H3;2*2H,1H3. The number of rotatable bonds is 1. The molecule has 2 bridgehead atoms. The summed E-state index contributed by atoms with van der Waals surface area (Å²) in [4.78, 5) is 2.09. The molecule has 6 heteroatoms. The average molecular weight is 474 g/mol. The number of aryl methyl sites for hydroxylation is 2. The Hall–Kier alpha value is -2.70. The molecule has 0 radical (unpaired) electrons. The average Bonchev–Trinajstić information content (AvgIpc) is 3.29. The van der Waals surface area contributed by atoms with Gasteiger partial charge in [-0.05, 0) is 51.7 Å². The molecular weight excluding hydrogens is 429 g/mol. The van der Waals surface area contributed by atoms with Gasteiger partial charge in [0.25, 0.3) is 0 Å². The summed E-state index contributed by atoms with van der Waals surface area (Å²) in [6.45, 7) is 14.9. The minimum absolute atomic E-state index is 0.498. The van der Waals surface area contributed by atoms with Crippen LogP contribution in [0.15, 0.2) is 61.2 Å². The molecule has 3 heterocycles. The van der Waals surface area contributed by atoms with E-state index in [-0.39, 0.29) is 0 Å². The predicted molar refractivity (Wildman–Crippen MR) is 144 cm³/mol. The number of aliphatic hydroxyl groups is 2. The lowest BCUT2D eigenvalue weighted by Gasteiger charge is -2.51. The Balaban J connectivity index is 0.000000542. The number of aliphatic hydroxyl groups excluding tert-OH is 2. The van der Waals surface area contributed by atoms with Gasteiger partial charge >= 0.3 is 0 Å². The van der Waals surface area contributed by atoms with Gasteiger partial charge in [-0.3, -0.25) is 5.10 Å². The van der Waals surface area contributed by atoms with E-state index in [1.54, 1.807) is 6.08 Å². The molecule has 1 saturated carbocycles. The molecule has 34 heavy (non-hydrogen) atoms. The van der Waals surface area contributed by atoms with E-state index in [1.807, 2.05) is 45.0 Å². The van der Waals surface area contributed by atoms with Crippen LogP contribution in [-0.4, -0.2) is 53.4 Å². The van der Waals surface area contributed by atoms with Crippen LogP contribution in [0.25, 0.3) is 10.9 Å². The quantitative estimate of drug-likeness (QED) is 0.366. The molecule has 0 unspecified atom stereocenters. The minimum Gasteiger partial charge on any atom is -0.400 e. The van der Waals surface area contributed by atoms with E-state index in [4.69, 9.17) is 10.2 Å². The highest BCUT2D eigenvalue weighted by Gasteiger charge is 2.51. The first-order valence-corrected chi connectivity index (χ1v) is 11.8. The number of halogens is 1. The van der Waals surface area contributed by atoms with Crippen LogP contribution in [0.3, 0.4) is 0 Å². The number of benzene rings is 2. The van der Waals surface area contributed by atoms with E-state index in [1.165, 1.54) is 11.1 Å². The molecule has 1 aromatic heterocycles. The molecule has 0 spiro atoms. The first-order valence-electron chi connectivity index (χ1n) is 11.8. The van der Waals surface area contributed by atoms with Crippen molar-refractivity contribution >= 4 is 16.7 Å². The highest BCUT2D eigenvalue weighted by molar-refractivity contribution is 5.90. The number of aromatic amines is 1. The normalized spacial score (nSPS) is 18.9. The van der Waals surface area contributed by atoms with Gasteiger partial charge < -0.3 is 15.1 Å². The van der Waals surface area contributed by atoms with Crippen LogP contribution in [0.1, 0.15) is 44.7 Å². The van der Waals surface area contributed by atoms with Crippen molar-refractivity contribution in [1.82, 2.24) is 10.2 Å². The van der Waals surface area contributed by atoms with Crippen LogP contribution in [-0.2, 0) is 0 Å². The monoisotopic (exact) mass is 473 g/mol. The Kier molecular flexibility index (Phi) is 15.5. The van der Waals surface area contributed by atoms with Gasteiger partial charge in [0.1, 0.15) is 5.67 Å². The fraction of sp³-hybridized carbons (Fsp3) is 0.464. The number of piperidine rings is 2. The van der Waals surface area contributed by atoms with Crippen molar-refractivity contribution in [2.24, 2.45) is 5.92 Å². The van der Waals surface area contributed by atoms with E-state index in [0.717, 1.165) is 50.3 Å². The lowest BCUT2D eigenvalue weighted by atomic mass is 9.68. The molecule has 2 saturated heterocycles. The molecule has 0 amide bonds. The van der Waals surface area contributed by atoms with Crippen LogP contribution in [0.2, 0.25) is 0 Å². The Morgan fingerprint density at radius 3 is 1.94 bits per heavy atom.